The Morgan fingerprint density at radius 3 is 2.53 bits per heavy atom. The number of H-pyrrole nitrogens is 1. The number of nitrogens with two attached hydrogens (primary N) is 1. The first kappa shape index (κ1) is 12.1. The van der Waals surface area contributed by atoms with Gasteiger partial charge in [0, 0.05) is 12.4 Å². The molecule has 0 amide bonds. The standard InChI is InChI=1S/C11H11F2N3S/c12-8-5-7(1-2-14)6-9(13)10(8)17-11-15-3-4-16-11/h3-6H,1-2,14H2,(H,15,16). The van der Waals surface area contributed by atoms with E-state index in [0.717, 1.165) is 11.8 Å². The molecule has 17 heavy (non-hydrogen) atoms. The van der Waals surface area contributed by atoms with Crippen molar-refractivity contribution in [2.24, 2.45) is 5.73 Å². The number of aromatic nitrogens is 2. The molecule has 0 bridgehead atoms. The number of imidazole rings is 1. The number of hydrogen-bond acceptors (Lipinski definition) is 3. The molecule has 0 fully saturated rings. The number of hydrogen-bond donors (Lipinski definition) is 2. The predicted octanol–water partition coefficient (Wildman–Crippen LogP) is 2.34. The summed E-state index contributed by atoms with van der Waals surface area (Å²) in [6, 6.07) is 2.61. The molecule has 1 aromatic carbocycles. The monoisotopic (exact) mass is 255 g/mol. The molecule has 2 rings (SSSR count). The van der Waals surface area contributed by atoms with Gasteiger partial charge in [0.1, 0.15) is 11.6 Å². The summed E-state index contributed by atoms with van der Waals surface area (Å²) in [5.41, 5.74) is 5.90. The Kier molecular flexibility index (Phi) is 3.75. The Morgan fingerprint density at radius 2 is 2.00 bits per heavy atom. The van der Waals surface area contributed by atoms with E-state index in [1.165, 1.54) is 18.3 Å². The number of halogens is 2. The molecule has 0 aliphatic heterocycles. The number of benzene rings is 1. The smallest absolute Gasteiger partial charge is 0.170 e. The van der Waals surface area contributed by atoms with Gasteiger partial charge in [-0.25, -0.2) is 13.8 Å². The lowest BCUT2D eigenvalue weighted by atomic mass is 10.1. The van der Waals surface area contributed by atoms with E-state index < -0.39 is 11.6 Å². The van der Waals surface area contributed by atoms with E-state index >= 15 is 0 Å². The zero-order valence-corrected chi connectivity index (χ0v) is 9.73. The van der Waals surface area contributed by atoms with Gasteiger partial charge in [0.25, 0.3) is 0 Å². The Hall–Kier alpha value is -1.40. The SMILES string of the molecule is NCCc1cc(F)c(Sc2ncc[nH]2)c(F)c1. The van der Waals surface area contributed by atoms with Crippen LogP contribution in [0.4, 0.5) is 8.78 Å². The van der Waals surface area contributed by atoms with E-state index in [1.54, 1.807) is 6.20 Å². The zero-order valence-electron chi connectivity index (χ0n) is 8.91. The van der Waals surface area contributed by atoms with Gasteiger partial charge in [-0.1, -0.05) is 0 Å². The minimum atomic E-state index is -0.588. The van der Waals surface area contributed by atoms with Gasteiger partial charge in [-0.15, -0.1) is 0 Å². The highest BCUT2D eigenvalue weighted by molar-refractivity contribution is 7.99. The van der Waals surface area contributed by atoms with Crippen LogP contribution in [-0.4, -0.2) is 16.5 Å². The van der Waals surface area contributed by atoms with Crippen LogP contribution < -0.4 is 5.73 Å². The third kappa shape index (κ3) is 2.83. The third-order valence-corrected chi connectivity index (χ3v) is 3.17. The van der Waals surface area contributed by atoms with Crippen molar-refractivity contribution in [2.45, 2.75) is 16.5 Å². The maximum Gasteiger partial charge on any atom is 0.170 e. The van der Waals surface area contributed by atoms with Gasteiger partial charge in [0.2, 0.25) is 0 Å². The molecule has 0 saturated carbocycles. The minimum Gasteiger partial charge on any atom is -0.339 e. The quantitative estimate of drug-likeness (QED) is 0.881. The van der Waals surface area contributed by atoms with Crippen LogP contribution >= 0.6 is 11.8 Å². The first-order chi connectivity index (χ1) is 8.20. The van der Waals surface area contributed by atoms with Crippen molar-refractivity contribution in [3.63, 3.8) is 0 Å². The Morgan fingerprint density at radius 1 is 1.29 bits per heavy atom. The number of aromatic amines is 1. The maximum atomic E-state index is 13.7. The summed E-state index contributed by atoms with van der Waals surface area (Å²) in [7, 11) is 0. The summed E-state index contributed by atoms with van der Waals surface area (Å²) in [6.07, 6.45) is 3.58. The number of rotatable bonds is 4. The average molecular weight is 255 g/mol. The predicted molar refractivity (Wildman–Crippen MR) is 61.8 cm³/mol. The van der Waals surface area contributed by atoms with E-state index in [0.29, 0.717) is 23.7 Å². The fourth-order valence-corrected chi connectivity index (χ4v) is 2.17. The summed E-state index contributed by atoms with van der Waals surface area (Å²) in [5, 5.41) is 0.453. The van der Waals surface area contributed by atoms with Crippen LogP contribution in [0.1, 0.15) is 5.56 Å². The van der Waals surface area contributed by atoms with E-state index in [1.807, 2.05) is 0 Å². The van der Waals surface area contributed by atoms with Crippen LogP contribution in [0.5, 0.6) is 0 Å². The largest absolute Gasteiger partial charge is 0.339 e. The molecule has 0 unspecified atom stereocenters. The number of nitrogens with one attached hydrogen (secondary N) is 1. The molecule has 0 saturated heterocycles. The second-order valence-corrected chi connectivity index (χ2v) is 4.42. The normalized spacial score (nSPS) is 10.8. The Labute approximate surface area is 101 Å². The van der Waals surface area contributed by atoms with Crippen molar-refractivity contribution in [1.82, 2.24) is 9.97 Å². The highest BCUT2D eigenvalue weighted by Crippen LogP contribution is 2.30. The van der Waals surface area contributed by atoms with E-state index in [-0.39, 0.29) is 4.90 Å². The van der Waals surface area contributed by atoms with Crippen molar-refractivity contribution < 1.29 is 8.78 Å². The topological polar surface area (TPSA) is 54.7 Å². The molecule has 0 radical (unpaired) electrons. The maximum absolute atomic E-state index is 13.7. The molecular weight excluding hydrogens is 244 g/mol. The van der Waals surface area contributed by atoms with Gasteiger partial charge in [-0.2, -0.15) is 0 Å². The lowest BCUT2D eigenvalue weighted by Gasteiger charge is -2.05. The summed E-state index contributed by atoms with van der Waals surface area (Å²) >= 11 is 0.926. The lowest BCUT2D eigenvalue weighted by molar-refractivity contribution is 0.537. The lowest BCUT2D eigenvalue weighted by Crippen LogP contribution is -2.04. The van der Waals surface area contributed by atoms with Gasteiger partial charge in [0.05, 0.1) is 4.90 Å². The minimum absolute atomic E-state index is 0.0549. The van der Waals surface area contributed by atoms with E-state index in [4.69, 9.17) is 5.73 Å². The molecule has 1 heterocycles. The summed E-state index contributed by atoms with van der Waals surface area (Å²) in [5.74, 6) is -1.18. The molecule has 0 atom stereocenters. The van der Waals surface area contributed by atoms with Gasteiger partial charge < -0.3 is 10.7 Å². The van der Waals surface area contributed by atoms with E-state index in [9.17, 15) is 8.78 Å². The molecule has 90 valence electrons. The first-order valence-corrected chi connectivity index (χ1v) is 5.87. The molecule has 3 nitrogen and oxygen atoms in total. The number of nitrogens with zero attached hydrogens (tertiary/aromatic N) is 1. The summed E-state index contributed by atoms with van der Waals surface area (Å²) < 4.78 is 27.4. The highest BCUT2D eigenvalue weighted by atomic mass is 32.2. The second kappa shape index (κ2) is 5.29. The Balaban J connectivity index is 2.28. The molecular formula is C11H11F2N3S. The molecule has 0 spiro atoms. The van der Waals surface area contributed by atoms with Gasteiger partial charge in [-0.3, -0.25) is 0 Å². The van der Waals surface area contributed by atoms with Crippen LogP contribution in [0, 0.1) is 11.6 Å². The van der Waals surface area contributed by atoms with Crippen molar-refractivity contribution >= 4 is 11.8 Å². The van der Waals surface area contributed by atoms with Crippen molar-refractivity contribution in [2.75, 3.05) is 6.54 Å². The molecule has 2 aromatic rings. The third-order valence-electron chi connectivity index (χ3n) is 2.16. The second-order valence-electron chi connectivity index (χ2n) is 3.42. The first-order valence-electron chi connectivity index (χ1n) is 5.06. The zero-order chi connectivity index (χ0) is 12.3. The van der Waals surface area contributed by atoms with E-state index in [2.05, 4.69) is 9.97 Å². The highest BCUT2D eigenvalue weighted by Gasteiger charge is 2.13. The molecule has 3 N–H and O–H groups in total. The van der Waals surface area contributed by atoms with Crippen LogP contribution in [0.2, 0.25) is 0 Å². The van der Waals surface area contributed by atoms with Crippen molar-refractivity contribution in [1.29, 1.82) is 0 Å². The van der Waals surface area contributed by atoms with Crippen molar-refractivity contribution in [3.8, 4) is 0 Å². The molecule has 1 aromatic heterocycles. The fraction of sp³-hybridized carbons (Fsp3) is 0.182. The van der Waals surface area contributed by atoms with Crippen LogP contribution in [0.25, 0.3) is 0 Å². The Bertz CT molecular complexity index is 476. The van der Waals surface area contributed by atoms with Gasteiger partial charge in [0.15, 0.2) is 5.16 Å². The summed E-state index contributed by atoms with van der Waals surface area (Å²) in [4.78, 5) is 6.63. The summed E-state index contributed by atoms with van der Waals surface area (Å²) in [6.45, 7) is 0.365. The van der Waals surface area contributed by atoms with Gasteiger partial charge in [-0.05, 0) is 42.4 Å². The molecule has 6 heteroatoms. The van der Waals surface area contributed by atoms with Crippen LogP contribution in [-0.2, 0) is 6.42 Å². The van der Waals surface area contributed by atoms with Crippen molar-refractivity contribution in [3.05, 3.63) is 41.7 Å². The van der Waals surface area contributed by atoms with Crippen LogP contribution in [0.3, 0.4) is 0 Å². The molecule has 0 aliphatic rings. The molecule has 0 aliphatic carbocycles. The van der Waals surface area contributed by atoms with Crippen LogP contribution in [0.15, 0.2) is 34.6 Å². The fourth-order valence-electron chi connectivity index (χ4n) is 1.42. The average Bonchev–Trinajstić information content (AvgIpc) is 2.76. The van der Waals surface area contributed by atoms with Gasteiger partial charge >= 0.3 is 0 Å².